The zero-order chi connectivity index (χ0) is 24.4. The number of hydrogen-bond acceptors (Lipinski definition) is 8. The van der Waals surface area contributed by atoms with E-state index in [1.54, 1.807) is 23.1 Å². The molecule has 1 amide bonds. The van der Waals surface area contributed by atoms with Crippen molar-refractivity contribution in [2.75, 3.05) is 31.1 Å². The Morgan fingerprint density at radius 2 is 1.74 bits per heavy atom. The number of ether oxygens (including phenoxy) is 1. The van der Waals surface area contributed by atoms with Crippen molar-refractivity contribution in [3.63, 3.8) is 0 Å². The molecule has 0 aromatic carbocycles. The lowest BCUT2D eigenvalue weighted by Crippen LogP contribution is -2.49. The van der Waals surface area contributed by atoms with Gasteiger partial charge in [0.05, 0.1) is 17.5 Å². The highest BCUT2D eigenvalue weighted by atomic mass is 32.1. The van der Waals surface area contributed by atoms with Crippen LogP contribution in [0.3, 0.4) is 0 Å². The quantitative estimate of drug-likeness (QED) is 0.466. The van der Waals surface area contributed by atoms with E-state index in [1.165, 1.54) is 23.0 Å². The summed E-state index contributed by atoms with van der Waals surface area (Å²) in [5.41, 5.74) is 0.745. The van der Waals surface area contributed by atoms with Gasteiger partial charge in [0.1, 0.15) is 11.6 Å². The molecule has 0 bridgehead atoms. The van der Waals surface area contributed by atoms with E-state index in [2.05, 4.69) is 15.0 Å². The van der Waals surface area contributed by atoms with E-state index in [-0.39, 0.29) is 23.1 Å². The van der Waals surface area contributed by atoms with Gasteiger partial charge in [-0.2, -0.15) is 0 Å². The van der Waals surface area contributed by atoms with Gasteiger partial charge in [-0.3, -0.25) is 0 Å². The Hall–Kier alpha value is -3.93. The first-order valence-corrected chi connectivity index (χ1v) is 11.1. The predicted octanol–water partition coefficient (Wildman–Crippen LogP) is 3.17. The molecule has 0 atom stereocenters. The average Bonchev–Trinajstić information content (AvgIpc) is 3.14. The lowest BCUT2D eigenvalue weighted by Gasteiger charge is -2.34. The van der Waals surface area contributed by atoms with Crippen molar-refractivity contribution in [1.82, 2.24) is 24.4 Å². The van der Waals surface area contributed by atoms with Gasteiger partial charge in [-0.05, 0) is 42.4 Å². The first-order chi connectivity index (χ1) is 16.2. The van der Waals surface area contributed by atoms with Crippen LogP contribution in [0, 0.1) is 4.77 Å². The molecule has 1 fully saturated rings. The Kier molecular flexibility index (Phi) is 6.50. The number of aromatic nitrogens is 4. The number of rotatable bonds is 5. The molecule has 3 N–H and O–H groups in total. The number of carboxylic acid groups (broad SMARTS) is 1. The van der Waals surface area contributed by atoms with Crippen molar-refractivity contribution in [3.8, 4) is 17.4 Å². The third-order valence-electron chi connectivity index (χ3n) is 5.49. The predicted molar refractivity (Wildman–Crippen MR) is 126 cm³/mol. The maximum atomic E-state index is 12.6. The number of carbonyl (C=O) groups is 2. The molecule has 0 radical (unpaired) electrons. The second kappa shape index (κ2) is 9.51. The van der Waals surface area contributed by atoms with E-state index in [1.807, 2.05) is 18.7 Å². The highest BCUT2D eigenvalue weighted by Gasteiger charge is 2.24. The first kappa shape index (κ1) is 23.2. The van der Waals surface area contributed by atoms with Crippen LogP contribution in [0.2, 0.25) is 0 Å². The molecule has 0 aliphatic carbocycles. The SMILES string of the molecule is CC(C)c1[nH]c(=S)n(-c2ccc(OC(=O)N3CCN(c4ccc(C(=O)O)cn4)CC3)cn2)c1O. The molecule has 0 unspecified atom stereocenters. The van der Waals surface area contributed by atoms with Crippen LogP contribution in [-0.2, 0) is 0 Å². The van der Waals surface area contributed by atoms with Crippen molar-refractivity contribution in [2.45, 2.75) is 19.8 Å². The molecular weight excluding hydrogens is 460 g/mol. The van der Waals surface area contributed by atoms with Gasteiger partial charge in [0.15, 0.2) is 10.5 Å². The van der Waals surface area contributed by atoms with Gasteiger partial charge in [0.2, 0.25) is 5.88 Å². The van der Waals surface area contributed by atoms with Crippen LogP contribution in [0.5, 0.6) is 11.6 Å². The Morgan fingerprint density at radius 1 is 1.06 bits per heavy atom. The molecule has 11 nitrogen and oxygen atoms in total. The number of imidazole rings is 1. The average molecular weight is 485 g/mol. The Labute approximate surface area is 200 Å². The molecule has 1 saturated heterocycles. The smallest absolute Gasteiger partial charge is 0.415 e. The number of pyridine rings is 2. The number of H-pyrrole nitrogens is 1. The topological polar surface area (TPSA) is 137 Å². The molecular formula is C22H24N6O5S. The van der Waals surface area contributed by atoms with Gasteiger partial charge < -0.3 is 29.7 Å². The third kappa shape index (κ3) is 4.71. The van der Waals surface area contributed by atoms with E-state index in [0.29, 0.717) is 48.3 Å². The van der Waals surface area contributed by atoms with Crippen molar-refractivity contribution in [1.29, 1.82) is 0 Å². The highest BCUT2D eigenvalue weighted by Crippen LogP contribution is 2.27. The summed E-state index contributed by atoms with van der Waals surface area (Å²) in [7, 11) is 0. The van der Waals surface area contributed by atoms with Crippen LogP contribution < -0.4 is 9.64 Å². The molecule has 178 valence electrons. The Balaban J connectivity index is 1.36. The van der Waals surface area contributed by atoms with Gasteiger partial charge >= 0.3 is 12.1 Å². The molecule has 3 aromatic rings. The van der Waals surface area contributed by atoms with E-state index in [0.717, 1.165) is 0 Å². The van der Waals surface area contributed by atoms with Crippen molar-refractivity contribution < 1.29 is 24.5 Å². The van der Waals surface area contributed by atoms with Crippen LogP contribution in [-0.4, -0.2) is 72.9 Å². The fourth-order valence-corrected chi connectivity index (χ4v) is 3.90. The number of piperazine rings is 1. The Morgan fingerprint density at radius 3 is 2.26 bits per heavy atom. The third-order valence-corrected chi connectivity index (χ3v) is 5.77. The van der Waals surface area contributed by atoms with Crippen molar-refractivity contribution in [3.05, 3.63) is 52.7 Å². The highest BCUT2D eigenvalue weighted by molar-refractivity contribution is 7.71. The van der Waals surface area contributed by atoms with E-state index in [9.17, 15) is 14.7 Å². The summed E-state index contributed by atoms with van der Waals surface area (Å²) in [6, 6.07) is 6.36. The number of amides is 1. The fraction of sp³-hybridized carbons (Fsp3) is 0.318. The summed E-state index contributed by atoms with van der Waals surface area (Å²) in [6.07, 6.45) is 2.23. The van der Waals surface area contributed by atoms with Gasteiger partial charge in [0.25, 0.3) is 0 Å². The molecule has 12 heteroatoms. The molecule has 0 spiro atoms. The monoisotopic (exact) mass is 484 g/mol. The number of anilines is 1. The first-order valence-electron chi connectivity index (χ1n) is 10.7. The number of aromatic amines is 1. The normalized spacial score (nSPS) is 13.9. The fourth-order valence-electron chi connectivity index (χ4n) is 3.61. The van der Waals surface area contributed by atoms with E-state index < -0.39 is 12.1 Å². The number of hydrogen-bond donors (Lipinski definition) is 3. The molecule has 34 heavy (non-hydrogen) atoms. The van der Waals surface area contributed by atoms with Crippen LogP contribution in [0.4, 0.5) is 10.6 Å². The number of nitrogens with one attached hydrogen (secondary N) is 1. The molecule has 1 aliphatic rings. The summed E-state index contributed by atoms with van der Waals surface area (Å²) in [5, 5.41) is 19.4. The molecule has 4 rings (SSSR count). The van der Waals surface area contributed by atoms with Crippen LogP contribution in [0.1, 0.15) is 35.8 Å². The summed E-state index contributed by atoms with van der Waals surface area (Å²) in [4.78, 5) is 38.6. The molecule has 1 aliphatic heterocycles. The molecule has 0 saturated carbocycles. The summed E-state index contributed by atoms with van der Waals surface area (Å²) in [6.45, 7) is 5.80. The Bertz CT molecular complexity index is 1240. The van der Waals surface area contributed by atoms with Gasteiger partial charge in [-0.15, -0.1) is 0 Å². The standard InChI is InChI=1S/C22H24N6O5S/c1-13(2)18-19(29)28(21(34)25-18)17-6-4-15(12-24-17)33-22(32)27-9-7-26(8-10-27)16-5-3-14(11-23-16)20(30)31/h3-6,11-13,29H,7-10H2,1-2H3,(H,25,34)(H,30,31). The summed E-state index contributed by atoms with van der Waals surface area (Å²) < 4.78 is 7.20. The zero-order valence-electron chi connectivity index (χ0n) is 18.6. The second-order valence-corrected chi connectivity index (χ2v) is 8.45. The lowest BCUT2D eigenvalue weighted by molar-refractivity contribution is 0.0696. The van der Waals surface area contributed by atoms with Gasteiger partial charge in [0, 0.05) is 32.4 Å². The van der Waals surface area contributed by atoms with E-state index in [4.69, 9.17) is 22.1 Å². The van der Waals surface area contributed by atoms with Gasteiger partial charge in [-0.1, -0.05) is 13.8 Å². The van der Waals surface area contributed by atoms with Crippen molar-refractivity contribution in [2.24, 2.45) is 0 Å². The molecule has 4 heterocycles. The maximum Gasteiger partial charge on any atom is 0.415 e. The summed E-state index contributed by atoms with van der Waals surface area (Å²) in [5.74, 6) is 0.367. The minimum atomic E-state index is -1.03. The number of carbonyl (C=O) groups excluding carboxylic acids is 1. The molecule has 3 aromatic heterocycles. The van der Waals surface area contributed by atoms with Crippen LogP contribution in [0.25, 0.3) is 5.82 Å². The minimum absolute atomic E-state index is 0.00204. The number of nitrogens with zero attached hydrogens (tertiary/aromatic N) is 5. The lowest BCUT2D eigenvalue weighted by atomic mass is 10.1. The van der Waals surface area contributed by atoms with Crippen LogP contribution >= 0.6 is 12.2 Å². The van der Waals surface area contributed by atoms with E-state index >= 15 is 0 Å². The number of aromatic carboxylic acids is 1. The largest absolute Gasteiger partial charge is 0.493 e. The van der Waals surface area contributed by atoms with Gasteiger partial charge in [-0.25, -0.2) is 24.1 Å². The second-order valence-electron chi connectivity index (χ2n) is 8.06. The summed E-state index contributed by atoms with van der Waals surface area (Å²) >= 11 is 5.29. The number of aromatic hydroxyl groups is 1. The van der Waals surface area contributed by atoms with Crippen LogP contribution in [0.15, 0.2) is 36.7 Å². The maximum absolute atomic E-state index is 12.6. The van der Waals surface area contributed by atoms with Crippen molar-refractivity contribution >= 4 is 30.1 Å². The zero-order valence-corrected chi connectivity index (χ0v) is 19.4. The minimum Gasteiger partial charge on any atom is -0.493 e. The number of carboxylic acids is 1.